The van der Waals surface area contributed by atoms with Gasteiger partial charge in [-0.2, -0.15) is 0 Å². The van der Waals surface area contributed by atoms with E-state index in [1.54, 1.807) is 30.6 Å². The van der Waals surface area contributed by atoms with Crippen LogP contribution < -0.4 is 21.5 Å². The molecule has 1 aliphatic rings. The molecule has 0 bridgehead atoms. The first-order chi connectivity index (χ1) is 15.5. The van der Waals surface area contributed by atoms with Gasteiger partial charge in [-0.15, -0.1) is 0 Å². The molecule has 4 N–H and O–H groups in total. The summed E-state index contributed by atoms with van der Waals surface area (Å²) in [5.74, 6) is 6.39. The molecule has 7 nitrogen and oxygen atoms in total. The van der Waals surface area contributed by atoms with Crippen LogP contribution in [-0.2, 0) is 13.0 Å². The van der Waals surface area contributed by atoms with Crippen LogP contribution in [0.2, 0.25) is 0 Å². The summed E-state index contributed by atoms with van der Waals surface area (Å²) in [5.41, 5.74) is 2.59. The van der Waals surface area contributed by atoms with Crippen molar-refractivity contribution < 1.29 is 4.39 Å². The van der Waals surface area contributed by atoms with Gasteiger partial charge in [0, 0.05) is 42.8 Å². The van der Waals surface area contributed by atoms with Gasteiger partial charge < -0.3 is 15.6 Å². The summed E-state index contributed by atoms with van der Waals surface area (Å²) in [6.07, 6.45) is 6.70. The lowest BCUT2D eigenvalue weighted by molar-refractivity contribution is 0.568. The number of benzene rings is 1. The monoisotopic (exact) mass is 439 g/mol. The summed E-state index contributed by atoms with van der Waals surface area (Å²) in [6, 6.07) is 11.0. The molecule has 1 atom stereocenters. The van der Waals surface area contributed by atoms with Gasteiger partial charge in [-0.25, -0.2) is 15.2 Å². The van der Waals surface area contributed by atoms with E-state index >= 15 is 0 Å². The molecule has 1 aliphatic heterocycles. The molecule has 0 radical (unpaired) electrons. The smallest absolute Gasteiger partial charge is 0.146 e. The molecule has 2 aromatic rings. The number of allylic oxidation sites excluding steroid dienone is 1. The fourth-order valence-electron chi connectivity index (χ4n) is 3.37. The fraction of sp³-hybridized carbons (Fsp3) is 0.375. The van der Waals surface area contributed by atoms with Crippen molar-refractivity contribution in [3.8, 4) is 0 Å². The first-order valence-corrected chi connectivity index (χ1v) is 10.8. The number of nitrogens with zero attached hydrogens (tertiary/aromatic N) is 4. The summed E-state index contributed by atoms with van der Waals surface area (Å²) in [5, 5.41) is 8.16. The number of pyridine rings is 1. The maximum absolute atomic E-state index is 13.6. The number of halogens is 1. The van der Waals surface area contributed by atoms with Crippen molar-refractivity contribution in [2.45, 2.75) is 38.8 Å². The van der Waals surface area contributed by atoms with E-state index in [-0.39, 0.29) is 12.4 Å². The summed E-state index contributed by atoms with van der Waals surface area (Å²) in [6.45, 7) is 11.9. The zero-order valence-electron chi connectivity index (χ0n) is 18.8. The molecule has 8 heteroatoms. The standard InChI is InChI=1S/C15H17FN4.C9H17N3/c1-18-10-8-12-6-4-9-19-15(12)20(17)11-13-5-2-3-7-14(13)16;1-8(6-10-2)12-7-9-4-3-5-11-9/h2-7,9H,1,8,10-11,17H2;6,9,11-12H,2-5,7H2,1H3/b;8-6+. The first-order valence-electron chi connectivity index (χ1n) is 10.8. The third kappa shape index (κ3) is 8.56. The van der Waals surface area contributed by atoms with Crippen LogP contribution in [0.15, 0.2) is 64.5 Å². The topological polar surface area (TPSA) is 90.9 Å². The highest BCUT2D eigenvalue weighted by atomic mass is 19.1. The second-order valence-corrected chi connectivity index (χ2v) is 7.57. The minimum atomic E-state index is -0.270. The van der Waals surface area contributed by atoms with Crippen LogP contribution >= 0.6 is 0 Å². The summed E-state index contributed by atoms with van der Waals surface area (Å²) < 4.78 is 13.6. The largest absolute Gasteiger partial charge is 0.386 e. The second kappa shape index (κ2) is 14.1. The van der Waals surface area contributed by atoms with Gasteiger partial charge in [0.05, 0.1) is 6.54 Å². The van der Waals surface area contributed by atoms with Gasteiger partial charge >= 0.3 is 0 Å². The molecule has 1 unspecified atom stereocenters. The van der Waals surface area contributed by atoms with Crippen molar-refractivity contribution in [1.29, 1.82) is 0 Å². The van der Waals surface area contributed by atoms with Crippen molar-refractivity contribution in [2.75, 3.05) is 24.6 Å². The predicted molar refractivity (Wildman–Crippen MR) is 131 cm³/mol. The van der Waals surface area contributed by atoms with Crippen LogP contribution in [0.5, 0.6) is 0 Å². The van der Waals surface area contributed by atoms with Crippen molar-refractivity contribution in [3.05, 3.63) is 71.4 Å². The van der Waals surface area contributed by atoms with Crippen molar-refractivity contribution in [2.24, 2.45) is 15.8 Å². The first kappa shape index (κ1) is 25.2. The number of anilines is 1. The summed E-state index contributed by atoms with van der Waals surface area (Å²) in [7, 11) is 0. The number of nitrogens with one attached hydrogen (secondary N) is 2. The maximum atomic E-state index is 13.6. The Morgan fingerprint density at radius 2 is 2.09 bits per heavy atom. The zero-order chi connectivity index (χ0) is 23.2. The van der Waals surface area contributed by atoms with E-state index in [0.29, 0.717) is 30.4 Å². The average Bonchev–Trinajstić information content (AvgIpc) is 3.32. The zero-order valence-corrected chi connectivity index (χ0v) is 18.8. The SMILES string of the molecule is C=N/C=C(\C)NCC1CCCN1.C=NCCc1cccnc1N(N)Cc1ccccc1F. The van der Waals surface area contributed by atoms with Gasteiger partial charge in [-0.1, -0.05) is 24.3 Å². The predicted octanol–water partition coefficient (Wildman–Crippen LogP) is 3.23. The molecule has 1 aromatic heterocycles. The Hall–Kier alpha value is -3.10. The van der Waals surface area contributed by atoms with E-state index < -0.39 is 0 Å². The van der Waals surface area contributed by atoms with Gasteiger partial charge in [-0.3, -0.25) is 10.0 Å². The Morgan fingerprint density at radius 1 is 1.31 bits per heavy atom. The Bertz CT molecular complexity index is 878. The van der Waals surface area contributed by atoms with Crippen molar-refractivity contribution in [3.63, 3.8) is 0 Å². The van der Waals surface area contributed by atoms with Gasteiger partial charge in [0.2, 0.25) is 0 Å². The minimum Gasteiger partial charge on any atom is -0.386 e. The molecule has 2 heterocycles. The quantitative estimate of drug-likeness (QED) is 0.300. The Balaban J connectivity index is 0.000000258. The highest BCUT2D eigenvalue weighted by Crippen LogP contribution is 2.18. The maximum Gasteiger partial charge on any atom is 0.146 e. The van der Waals surface area contributed by atoms with E-state index in [1.165, 1.54) is 23.9 Å². The molecule has 0 spiro atoms. The van der Waals surface area contributed by atoms with Crippen molar-refractivity contribution in [1.82, 2.24) is 15.6 Å². The second-order valence-electron chi connectivity index (χ2n) is 7.57. The number of nitrogens with two attached hydrogens (primary N) is 1. The molecule has 3 rings (SSSR count). The van der Waals surface area contributed by atoms with Crippen LogP contribution in [0, 0.1) is 5.82 Å². The van der Waals surface area contributed by atoms with E-state index in [9.17, 15) is 4.39 Å². The number of aromatic nitrogens is 1. The molecule has 0 saturated carbocycles. The highest BCUT2D eigenvalue weighted by Gasteiger charge is 2.13. The molecule has 1 fully saturated rings. The molecule has 1 saturated heterocycles. The summed E-state index contributed by atoms with van der Waals surface area (Å²) >= 11 is 0. The number of hydrogen-bond acceptors (Lipinski definition) is 7. The normalized spacial score (nSPS) is 15.5. The Morgan fingerprint density at radius 3 is 2.78 bits per heavy atom. The number of hydrogen-bond donors (Lipinski definition) is 3. The van der Waals surface area contributed by atoms with E-state index in [0.717, 1.165) is 24.4 Å². The Labute approximate surface area is 190 Å². The molecule has 0 amide bonds. The van der Waals surface area contributed by atoms with Crippen LogP contribution in [0.25, 0.3) is 0 Å². The number of aliphatic imine (C=N–C) groups is 2. The lowest BCUT2D eigenvalue weighted by atomic mass is 10.1. The molecular weight excluding hydrogens is 405 g/mol. The minimum absolute atomic E-state index is 0.262. The molecule has 172 valence electrons. The average molecular weight is 440 g/mol. The van der Waals surface area contributed by atoms with Gasteiger partial charge in [0.1, 0.15) is 11.6 Å². The van der Waals surface area contributed by atoms with E-state index in [2.05, 4.69) is 39.0 Å². The van der Waals surface area contributed by atoms with Gasteiger partial charge in [0.15, 0.2) is 0 Å². The third-order valence-corrected chi connectivity index (χ3v) is 5.05. The molecule has 1 aromatic carbocycles. The van der Waals surface area contributed by atoms with Gasteiger partial charge in [0.25, 0.3) is 0 Å². The van der Waals surface area contributed by atoms with Crippen LogP contribution in [0.1, 0.15) is 30.9 Å². The lowest BCUT2D eigenvalue weighted by Gasteiger charge is -2.20. The van der Waals surface area contributed by atoms with Crippen LogP contribution in [-0.4, -0.2) is 44.1 Å². The van der Waals surface area contributed by atoms with Gasteiger partial charge in [-0.05, 0) is 63.9 Å². The lowest BCUT2D eigenvalue weighted by Crippen LogP contribution is -2.32. The Kier molecular flexibility index (Phi) is 11.1. The van der Waals surface area contributed by atoms with Crippen LogP contribution in [0.3, 0.4) is 0 Å². The van der Waals surface area contributed by atoms with Crippen LogP contribution in [0.4, 0.5) is 10.2 Å². The number of hydrazine groups is 1. The molecular formula is C24H34FN7. The molecule has 32 heavy (non-hydrogen) atoms. The van der Waals surface area contributed by atoms with Crippen molar-refractivity contribution >= 4 is 19.3 Å². The summed E-state index contributed by atoms with van der Waals surface area (Å²) in [4.78, 5) is 11.8. The van der Waals surface area contributed by atoms with E-state index in [1.807, 2.05) is 19.1 Å². The fourth-order valence-corrected chi connectivity index (χ4v) is 3.37. The highest BCUT2D eigenvalue weighted by molar-refractivity contribution is 5.46. The third-order valence-electron chi connectivity index (χ3n) is 5.05. The molecule has 0 aliphatic carbocycles. The van der Waals surface area contributed by atoms with E-state index in [4.69, 9.17) is 5.84 Å². The number of rotatable bonds is 10.